The third-order valence-corrected chi connectivity index (χ3v) is 2.91. The number of aryl methyl sites for hydroxylation is 1. The Morgan fingerprint density at radius 1 is 1.10 bits per heavy atom. The Morgan fingerprint density at radius 2 is 1.67 bits per heavy atom. The van der Waals surface area contributed by atoms with E-state index in [4.69, 9.17) is 4.74 Å². The lowest BCUT2D eigenvalue weighted by Crippen LogP contribution is -2.31. The molecule has 4 nitrogen and oxygen atoms in total. The van der Waals surface area contributed by atoms with Crippen LogP contribution in [0.25, 0.3) is 0 Å². The van der Waals surface area contributed by atoms with Crippen molar-refractivity contribution < 1.29 is 14.3 Å². The quantitative estimate of drug-likeness (QED) is 0.778. The summed E-state index contributed by atoms with van der Waals surface area (Å²) in [6, 6.07) is 5.12. The number of esters is 1. The molecule has 0 aliphatic rings. The van der Waals surface area contributed by atoms with E-state index in [1.807, 2.05) is 34.6 Å². The zero-order chi connectivity index (χ0) is 16.4. The maximum Gasteiger partial charge on any atom is 0.337 e. The topological polar surface area (TPSA) is 46.6 Å². The number of ether oxygens (including phenoxy) is 1. The fourth-order valence-corrected chi connectivity index (χ4v) is 2.00. The van der Waals surface area contributed by atoms with Gasteiger partial charge in [0.15, 0.2) is 0 Å². The SMILES string of the molecule is CC.CCCN(CC)C(=O)c1cc(C)cc(C(=O)OC)c1. The van der Waals surface area contributed by atoms with Crippen molar-refractivity contribution in [3.63, 3.8) is 0 Å². The Bertz CT molecular complexity index is 469. The average Bonchev–Trinajstić information content (AvgIpc) is 2.52. The molecule has 0 fully saturated rings. The first-order chi connectivity index (χ1) is 10.0. The molecule has 1 aromatic carbocycles. The number of hydrogen-bond donors (Lipinski definition) is 0. The van der Waals surface area contributed by atoms with Crippen molar-refractivity contribution in [2.45, 2.75) is 41.0 Å². The molecule has 4 heteroatoms. The molecule has 0 saturated heterocycles. The first-order valence-corrected chi connectivity index (χ1v) is 7.52. The van der Waals surface area contributed by atoms with Gasteiger partial charge in [0.05, 0.1) is 12.7 Å². The van der Waals surface area contributed by atoms with Crippen LogP contribution in [-0.4, -0.2) is 37.0 Å². The number of carbonyl (C=O) groups is 2. The number of nitrogens with zero attached hydrogens (tertiary/aromatic N) is 1. The van der Waals surface area contributed by atoms with Crippen LogP contribution < -0.4 is 0 Å². The first kappa shape index (κ1) is 19.2. The molecule has 1 aromatic rings. The monoisotopic (exact) mass is 293 g/mol. The molecule has 0 radical (unpaired) electrons. The number of benzene rings is 1. The van der Waals surface area contributed by atoms with Gasteiger partial charge in [-0.15, -0.1) is 0 Å². The van der Waals surface area contributed by atoms with E-state index in [1.54, 1.807) is 23.1 Å². The van der Waals surface area contributed by atoms with Gasteiger partial charge in [0.25, 0.3) is 5.91 Å². The molecule has 21 heavy (non-hydrogen) atoms. The zero-order valence-electron chi connectivity index (χ0n) is 14.0. The van der Waals surface area contributed by atoms with Crippen LogP contribution in [0.2, 0.25) is 0 Å². The maximum absolute atomic E-state index is 12.4. The highest BCUT2D eigenvalue weighted by atomic mass is 16.5. The Hall–Kier alpha value is -1.84. The minimum absolute atomic E-state index is 0.0433. The highest BCUT2D eigenvalue weighted by Crippen LogP contribution is 2.13. The summed E-state index contributed by atoms with van der Waals surface area (Å²) >= 11 is 0. The number of amides is 1. The summed E-state index contributed by atoms with van der Waals surface area (Å²) < 4.78 is 4.70. The van der Waals surface area contributed by atoms with E-state index < -0.39 is 5.97 Å². The normalized spacial score (nSPS) is 9.43. The van der Waals surface area contributed by atoms with E-state index in [2.05, 4.69) is 0 Å². The predicted octanol–water partition coefficient (Wildman–Crippen LogP) is 3.68. The Balaban J connectivity index is 0.00000191. The Morgan fingerprint density at radius 3 is 2.14 bits per heavy atom. The van der Waals surface area contributed by atoms with Crippen molar-refractivity contribution in [2.75, 3.05) is 20.2 Å². The lowest BCUT2D eigenvalue weighted by Gasteiger charge is -2.20. The van der Waals surface area contributed by atoms with E-state index in [9.17, 15) is 9.59 Å². The number of carbonyl (C=O) groups excluding carboxylic acids is 2. The van der Waals surface area contributed by atoms with Crippen molar-refractivity contribution in [1.82, 2.24) is 4.90 Å². The number of hydrogen-bond acceptors (Lipinski definition) is 3. The van der Waals surface area contributed by atoms with Gasteiger partial charge in [-0.25, -0.2) is 4.79 Å². The van der Waals surface area contributed by atoms with Crippen LogP contribution in [0, 0.1) is 6.92 Å². The van der Waals surface area contributed by atoms with E-state index in [-0.39, 0.29) is 5.91 Å². The van der Waals surface area contributed by atoms with Crippen molar-refractivity contribution in [1.29, 1.82) is 0 Å². The van der Waals surface area contributed by atoms with Gasteiger partial charge in [-0.3, -0.25) is 4.79 Å². The molecule has 1 amide bonds. The van der Waals surface area contributed by atoms with Gasteiger partial charge in [-0.1, -0.05) is 20.8 Å². The van der Waals surface area contributed by atoms with Gasteiger partial charge in [0.1, 0.15) is 0 Å². The third-order valence-electron chi connectivity index (χ3n) is 2.91. The molecule has 0 bridgehead atoms. The minimum Gasteiger partial charge on any atom is -0.465 e. The Kier molecular flexibility index (Phi) is 9.10. The molecule has 0 atom stereocenters. The van der Waals surface area contributed by atoms with E-state index in [1.165, 1.54) is 7.11 Å². The van der Waals surface area contributed by atoms with Crippen molar-refractivity contribution in [2.24, 2.45) is 0 Å². The van der Waals surface area contributed by atoms with Gasteiger partial charge in [-0.05, 0) is 44.0 Å². The van der Waals surface area contributed by atoms with E-state index in [0.717, 1.165) is 18.5 Å². The summed E-state index contributed by atoms with van der Waals surface area (Å²) in [5.41, 5.74) is 1.83. The van der Waals surface area contributed by atoms with E-state index in [0.29, 0.717) is 17.7 Å². The Labute approximate surface area is 128 Å². The van der Waals surface area contributed by atoms with Crippen LogP contribution in [-0.2, 0) is 4.74 Å². The van der Waals surface area contributed by atoms with Gasteiger partial charge in [0, 0.05) is 18.7 Å². The fourth-order valence-electron chi connectivity index (χ4n) is 2.00. The number of rotatable bonds is 5. The van der Waals surface area contributed by atoms with Crippen LogP contribution in [0.15, 0.2) is 18.2 Å². The maximum atomic E-state index is 12.4. The molecule has 0 saturated carbocycles. The average molecular weight is 293 g/mol. The van der Waals surface area contributed by atoms with E-state index >= 15 is 0 Å². The first-order valence-electron chi connectivity index (χ1n) is 7.52. The van der Waals surface area contributed by atoms with Gasteiger partial charge >= 0.3 is 5.97 Å². The second-order valence-corrected chi connectivity index (χ2v) is 4.46. The minimum atomic E-state index is -0.420. The summed E-state index contributed by atoms with van der Waals surface area (Å²) in [6.45, 7) is 11.2. The molecule has 1 rings (SSSR count). The van der Waals surface area contributed by atoms with Crippen LogP contribution >= 0.6 is 0 Å². The third kappa shape index (κ3) is 5.58. The summed E-state index contributed by atoms with van der Waals surface area (Å²) in [5, 5.41) is 0. The summed E-state index contributed by atoms with van der Waals surface area (Å²) in [5.74, 6) is -0.463. The lowest BCUT2D eigenvalue weighted by molar-refractivity contribution is 0.0600. The number of methoxy groups -OCH3 is 1. The van der Waals surface area contributed by atoms with Gasteiger partial charge in [0.2, 0.25) is 0 Å². The molecule has 0 N–H and O–H groups in total. The van der Waals surface area contributed by atoms with Crippen molar-refractivity contribution in [3.8, 4) is 0 Å². The molecule has 0 unspecified atom stereocenters. The second kappa shape index (κ2) is 9.97. The highest BCUT2D eigenvalue weighted by Gasteiger charge is 2.16. The molecule has 0 aliphatic carbocycles. The molecule has 118 valence electrons. The van der Waals surface area contributed by atoms with Crippen LogP contribution in [0.4, 0.5) is 0 Å². The molecular formula is C17H27NO3. The molecular weight excluding hydrogens is 266 g/mol. The van der Waals surface area contributed by atoms with Crippen LogP contribution in [0.5, 0.6) is 0 Å². The van der Waals surface area contributed by atoms with Gasteiger partial charge in [-0.2, -0.15) is 0 Å². The molecule has 0 aromatic heterocycles. The van der Waals surface area contributed by atoms with Crippen molar-refractivity contribution >= 4 is 11.9 Å². The largest absolute Gasteiger partial charge is 0.465 e. The zero-order valence-corrected chi connectivity index (χ0v) is 14.0. The smallest absolute Gasteiger partial charge is 0.337 e. The highest BCUT2D eigenvalue weighted by molar-refractivity contribution is 5.98. The molecule has 0 spiro atoms. The van der Waals surface area contributed by atoms with Crippen molar-refractivity contribution in [3.05, 3.63) is 34.9 Å². The second-order valence-electron chi connectivity index (χ2n) is 4.46. The van der Waals surface area contributed by atoms with Crippen LogP contribution in [0.3, 0.4) is 0 Å². The lowest BCUT2D eigenvalue weighted by atomic mass is 10.1. The molecule has 0 aliphatic heterocycles. The fraction of sp³-hybridized carbons (Fsp3) is 0.529. The predicted molar refractivity (Wildman–Crippen MR) is 85.7 cm³/mol. The summed E-state index contributed by atoms with van der Waals surface area (Å²) in [6.07, 6.45) is 0.912. The summed E-state index contributed by atoms with van der Waals surface area (Å²) in [4.78, 5) is 25.7. The standard InChI is InChI=1S/C15H21NO3.C2H6/c1-5-7-16(6-2)14(17)12-8-11(3)9-13(10-12)15(18)19-4;1-2/h8-10H,5-7H2,1-4H3;1-2H3. The van der Waals surface area contributed by atoms with Gasteiger partial charge < -0.3 is 9.64 Å². The summed E-state index contributed by atoms with van der Waals surface area (Å²) in [7, 11) is 1.33. The molecule has 0 heterocycles. The van der Waals surface area contributed by atoms with Crippen LogP contribution in [0.1, 0.15) is 60.4 Å².